The first-order valence-electron chi connectivity index (χ1n) is 12.4. The number of aliphatic carboxylic acids is 2. The van der Waals surface area contributed by atoms with Crippen LogP contribution in [-0.2, 0) is 9.59 Å². The molecule has 0 radical (unpaired) electrons. The van der Waals surface area contributed by atoms with Crippen molar-refractivity contribution in [1.82, 2.24) is 9.80 Å². The van der Waals surface area contributed by atoms with Gasteiger partial charge in [0, 0.05) is 23.9 Å². The second-order valence-corrected chi connectivity index (χ2v) is 12.2. The van der Waals surface area contributed by atoms with Crippen molar-refractivity contribution in [3.05, 3.63) is 59.7 Å². The van der Waals surface area contributed by atoms with E-state index in [9.17, 15) is 29.4 Å². The van der Waals surface area contributed by atoms with Gasteiger partial charge in [-0.3, -0.25) is 9.59 Å². The number of hydrogen-bond donors (Lipinski definition) is 2. The van der Waals surface area contributed by atoms with Gasteiger partial charge in [-0.2, -0.15) is 0 Å². The molecule has 38 heavy (non-hydrogen) atoms. The van der Waals surface area contributed by atoms with Gasteiger partial charge in [-0.15, -0.1) is 0 Å². The molecular formula is C28H36N2O6S2. The fourth-order valence-electron chi connectivity index (χ4n) is 3.93. The summed E-state index contributed by atoms with van der Waals surface area (Å²) in [5.74, 6) is -2.71. The van der Waals surface area contributed by atoms with E-state index in [0.717, 1.165) is 0 Å². The lowest BCUT2D eigenvalue weighted by molar-refractivity contribution is -0.143. The Kier molecular flexibility index (Phi) is 11.7. The summed E-state index contributed by atoms with van der Waals surface area (Å²) in [7, 11) is 5.56. The van der Waals surface area contributed by atoms with E-state index >= 15 is 0 Å². The molecule has 2 atom stereocenters. The zero-order valence-electron chi connectivity index (χ0n) is 22.6. The first-order valence-corrected chi connectivity index (χ1v) is 14.5. The highest BCUT2D eigenvalue weighted by molar-refractivity contribution is 8.76. The maximum absolute atomic E-state index is 13.3. The van der Waals surface area contributed by atoms with Crippen LogP contribution < -0.4 is 0 Å². The number of rotatable bonds is 13. The highest BCUT2D eigenvalue weighted by atomic mass is 33.1. The van der Waals surface area contributed by atoms with Crippen LogP contribution in [0.3, 0.4) is 0 Å². The largest absolute Gasteiger partial charge is 0.480 e. The zero-order chi connectivity index (χ0) is 28.6. The van der Waals surface area contributed by atoms with Crippen molar-refractivity contribution in [2.45, 2.75) is 62.4 Å². The van der Waals surface area contributed by atoms with Gasteiger partial charge in [0.15, 0.2) is 0 Å². The summed E-state index contributed by atoms with van der Waals surface area (Å²) in [4.78, 5) is 54.1. The highest BCUT2D eigenvalue weighted by Gasteiger charge is 2.30. The highest BCUT2D eigenvalue weighted by Crippen LogP contribution is 2.41. The number of carbonyl (C=O) groups excluding carboxylic acids is 2. The molecule has 0 aliphatic carbocycles. The minimum atomic E-state index is -1.05. The molecule has 2 aromatic carbocycles. The predicted octanol–water partition coefficient (Wildman–Crippen LogP) is 5.63. The Bertz CT molecular complexity index is 1060. The van der Waals surface area contributed by atoms with Crippen LogP contribution in [0.2, 0.25) is 0 Å². The van der Waals surface area contributed by atoms with Crippen molar-refractivity contribution in [1.29, 1.82) is 0 Å². The van der Waals surface area contributed by atoms with E-state index in [1.54, 1.807) is 48.5 Å². The molecule has 0 aromatic heterocycles. The summed E-state index contributed by atoms with van der Waals surface area (Å²) in [5.41, 5.74) is 0.734. The van der Waals surface area contributed by atoms with Crippen LogP contribution in [0.4, 0.5) is 0 Å². The molecule has 0 fully saturated rings. The van der Waals surface area contributed by atoms with Crippen molar-refractivity contribution in [2.24, 2.45) is 11.8 Å². The predicted molar refractivity (Wildman–Crippen MR) is 151 cm³/mol. The molecule has 0 saturated heterocycles. The Hall–Kier alpha value is -2.98. The molecule has 8 nitrogen and oxygen atoms in total. The monoisotopic (exact) mass is 560 g/mol. The average Bonchev–Trinajstić information content (AvgIpc) is 2.87. The molecule has 0 bridgehead atoms. The molecule has 2 aromatic rings. The van der Waals surface area contributed by atoms with Crippen LogP contribution in [0, 0.1) is 11.8 Å². The second-order valence-electron chi connectivity index (χ2n) is 9.96. The topological polar surface area (TPSA) is 115 Å². The van der Waals surface area contributed by atoms with Gasteiger partial charge in [0.2, 0.25) is 0 Å². The third kappa shape index (κ3) is 8.26. The summed E-state index contributed by atoms with van der Waals surface area (Å²) in [6.45, 7) is 7.64. The van der Waals surface area contributed by atoms with Crippen LogP contribution in [0.1, 0.15) is 61.3 Å². The summed E-state index contributed by atoms with van der Waals surface area (Å²) in [5, 5.41) is 19.4. The van der Waals surface area contributed by atoms with Crippen LogP contribution in [-0.4, -0.2) is 69.9 Å². The fraction of sp³-hybridized carbons (Fsp3) is 0.429. The van der Waals surface area contributed by atoms with Crippen LogP contribution >= 0.6 is 21.6 Å². The van der Waals surface area contributed by atoms with E-state index in [0.29, 0.717) is 33.8 Å². The lowest BCUT2D eigenvalue weighted by atomic mass is 10.0. The Morgan fingerprint density at radius 1 is 0.658 bits per heavy atom. The summed E-state index contributed by atoms with van der Waals surface area (Å²) in [6.07, 6.45) is 0.664. The number of carbonyl (C=O) groups is 4. The molecule has 0 spiro atoms. The van der Waals surface area contributed by atoms with Crippen LogP contribution in [0.15, 0.2) is 58.3 Å². The van der Waals surface area contributed by atoms with E-state index in [-0.39, 0.29) is 11.8 Å². The maximum atomic E-state index is 13.3. The van der Waals surface area contributed by atoms with Crippen LogP contribution in [0.5, 0.6) is 0 Å². The maximum Gasteiger partial charge on any atom is 0.326 e. The van der Waals surface area contributed by atoms with Gasteiger partial charge in [0.1, 0.15) is 12.1 Å². The van der Waals surface area contributed by atoms with Crippen molar-refractivity contribution in [3.63, 3.8) is 0 Å². The van der Waals surface area contributed by atoms with Gasteiger partial charge in [0.05, 0.1) is 11.1 Å². The van der Waals surface area contributed by atoms with Crippen molar-refractivity contribution in [3.8, 4) is 0 Å². The third-order valence-corrected chi connectivity index (χ3v) is 8.47. The van der Waals surface area contributed by atoms with Crippen molar-refractivity contribution >= 4 is 45.3 Å². The average molecular weight is 561 g/mol. The van der Waals surface area contributed by atoms with Gasteiger partial charge < -0.3 is 20.0 Å². The van der Waals surface area contributed by atoms with Gasteiger partial charge in [-0.25, -0.2) is 9.59 Å². The van der Waals surface area contributed by atoms with Crippen molar-refractivity contribution < 1.29 is 29.4 Å². The molecule has 2 rings (SSSR count). The number of carboxylic acids is 2. The Morgan fingerprint density at radius 2 is 0.974 bits per heavy atom. The normalized spacial score (nSPS) is 12.7. The summed E-state index contributed by atoms with van der Waals surface area (Å²) >= 11 is 0. The second kappa shape index (κ2) is 14.2. The first kappa shape index (κ1) is 31.2. The Balaban J connectivity index is 2.29. The van der Waals surface area contributed by atoms with E-state index in [1.807, 2.05) is 27.7 Å². The fourth-order valence-corrected chi connectivity index (χ4v) is 6.28. The van der Waals surface area contributed by atoms with Gasteiger partial charge >= 0.3 is 11.9 Å². The Morgan fingerprint density at radius 3 is 1.26 bits per heavy atom. The quantitative estimate of drug-likeness (QED) is 0.303. The molecule has 0 saturated carbocycles. The molecule has 0 heterocycles. The summed E-state index contributed by atoms with van der Waals surface area (Å²) < 4.78 is 0. The van der Waals surface area contributed by atoms with Gasteiger partial charge in [-0.1, -0.05) is 73.5 Å². The Labute approximate surface area is 232 Å². The molecular weight excluding hydrogens is 524 g/mol. The van der Waals surface area contributed by atoms with E-state index in [2.05, 4.69) is 0 Å². The number of nitrogens with zero attached hydrogens (tertiary/aromatic N) is 2. The summed E-state index contributed by atoms with van der Waals surface area (Å²) in [6, 6.07) is 12.0. The number of likely N-dealkylation sites (N-methyl/N-ethyl adjacent to an activating group) is 2. The molecule has 0 aliphatic heterocycles. The molecule has 10 heteroatoms. The smallest absolute Gasteiger partial charge is 0.326 e. The molecule has 0 aliphatic rings. The first-order chi connectivity index (χ1) is 17.8. The van der Waals surface area contributed by atoms with Gasteiger partial charge in [-0.05, 0) is 48.9 Å². The van der Waals surface area contributed by atoms with Crippen LogP contribution in [0.25, 0.3) is 0 Å². The van der Waals surface area contributed by atoms with E-state index < -0.39 is 35.8 Å². The standard InChI is InChI=1S/C28H36N2O6S2/c1-17(2)15-21(27(33)34)29(5)25(31)19-11-7-9-13-23(19)37-38-24-14-10-8-12-20(24)26(32)30(6)22(28(35)36)16-18(3)4/h7-14,17-18,21-22H,15-16H2,1-6H3,(H,33,34)(H,35,36)/t21-,22-/m0/s1. The minimum Gasteiger partial charge on any atom is -0.480 e. The number of hydrogen-bond acceptors (Lipinski definition) is 6. The molecule has 206 valence electrons. The number of benzene rings is 2. The minimum absolute atomic E-state index is 0.0972. The third-order valence-electron chi connectivity index (χ3n) is 5.99. The lowest BCUT2D eigenvalue weighted by Gasteiger charge is -2.27. The lowest BCUT2D eigenvalue weighted by Crippen LogP contribution is -2.43. The molecule has 2 amide bonds. The number of carboxylic acid groups (broad SMARTS) is 2. The van der Waals surface area contributed by atoms with Gasteiger partial charge in [0.25, 0.3) is 11.8 Å². The van der Waals surface area contributed by atoms with Crippen molar-refractivity contribution in [2.75, 3.05) is 14.1 Å². The zero-order valence-corrected chi connectivity index (χ0v) is 24.2. The van der Waals surface area contributed by atoms with E-state index in [4.69, 9.17) is 0 Å². The molecule has 0 unspecified atom stereocenters. The van der Waals surface area contributed by atoms with E-state index in [1.165, 1.54) is 45.5 Å². The number of amides is 2. The SMILES string of the molecule is CC(C)C[C@@H](C(=O)O)N(C)C(=O)c1ccccc1SSc1ccccc1C(=O)N(C)[C@@H](CC(C)C)C(=O)O. The molecule has 2 N–H and O–H groups in total.